The largest absolute Gasteiger partial charge is 0.380 e. The molecule has 6 heteroatoms. The zero-order valence-electron chi connectivity index (χ0n) is 7.92. The topological polar surface area (TPSA) is 57.7 Å². The van der Waals surface area contributed by atoms with Crippen LogP contribution in [0.15, 0.2) is 12.3 Å². The van der Waals surface area contributed by atoms with E-state index in [0.717, 1.165) is 12.4 Å². The third kappa shape index (κ3) is 5.13. The van der Waals surface area contributed by atoms with Crippen molar-refractivity contribution >= 4 is 26.6 Å². The summed E-state index contributed by atoms with van der Waals surface area (Å²) in [5, 5.41) is 0. The number of hydrogen-bond donors (Lipinski definition) is 0. The highest BCUT2D eigenvalue weighted by Crippen LogP contribution is 1.88. The molecule has 74 valence electrons. The van der Waals surface area contributed by atoms with E-state index in [1.54, 1.807) is 11.9 Å². The summed E-state index contributed by atoms with van der Waals surface area (Å²) in [6.45, 7) is 0.513. The van der Waals surface area contributed by atoms with E-state index in [0.29, 0.717) is 17.8 Å². The Hall–Kier alpha value is -1.59. The summed E-state index contributed by atoms with van der Waals surface area (Å²) in [5.41, 5.74) is 0. The molecule has 0 aromatic heterocycles. The third-order valence-corrected chi connectivity index (χ3v) is 1.44. The average molecular weight is 194 g/mol. The minimum Gasteiger partial charge on any atom is -0.380 e. The first-order chi connectivity index (χ1) is 6.61. The van der Waals surface area contributed by atoms with Gasteiger partial charge in [-0.05, 0) is 0 Å². The summed E-state index contributed by atoms with van der Waals surface area (Å²) >= 11 is 0. The normalized spacial score (nSPS) is 9.79. The zero-order chi connectivity index (χ0) is 11.0. The van der Waals surface area contributed by atoms with Gasteiger partial charge in [0, 0.05) is 32.3 Å². The van der Waals surface area contributed by atoms with Crippen molar-refractivity contribution in [1.82, 2.24) is 9.71 Å². The third-order valence-electron chi connectivity index (χ3n) is 1.44. The van der Waals surface area contributed by atoms with E-state index in [9.17, 15) is 14.4 Å². The SMILES string of the molecule is [B]N(C=O)C(=O)/C=C\N(C)CCC=O. The lowest BCUT2D eigenvalue weighted by atomic mass is 10.3. The van der Waals surface area contributed by atoms with Crippen molar-refractivity contribution in [2.45, 2.75) is 6.42 Å². The smallest absolute Gasteiger partial charge is 0.242 e. The Bertz CT molecular complexity index is 243. The van der Waals surface area contributed by atoms with Crippen molar-refractivity contribution in [2.75, 3.05) is 13.6 Å². The van der Waals surface area contributed by atoms with Crippen molar-refractivity contribution < 1.29 is 14.4 Å². The van der Waals surface area contributed by atoms with Gasteiger partial charge in [-0.2, -0.15) is 0 Å². The Balaban J connectivity index is 3.96. The zero-order valence-corrected chi connectivity index (χ0v) is 7.92. The number of amides is 2. The molecule has 2 radical (unpaired) electrons. The van der Waals surface area contributed by atoms with Gasteiger partial charge in [-0.25, -0.2) is 0 Å². The molecular weight excluding hydrogens is 183 g/mol. The number of carbonyl (C=O) groups is 3. The molecule has 5 nitrogen and oxygen atoms in total. The second kappa shape index (κ2) is 6.88. The van der Waals surface area contributed by atoms with Crippen LogP contribution in [0.4, 0.5) is 0 Å². The van der Waals surface area contributed by atoms with Crippen molar-refractivity contribution in [3.63, 3.8) is 0 Å². The highest BCUT2D eigenvalue weighted by Gasteiger charge is 2.01. The first-order valence-electron chi connectivity index (χ1n) is 3.97. The van der Waals surface area contributed by atoms with Crippen LogP contribution in [0.1, 0.15) is 6.42 Å². The predicted octanol–water partition coefficient (Wildman–Crippen LogP) is -0.911. The minimum atomic E-state index is -0.613. The standard InChI is InChI=1S/C8H11BN2O3/c1-10(4-2-6-12)5-3-8(14)11(9)7-13/h3,5-7H,2,4H2,1H3/b5-3-. The highest BCUT2D eigenvalue weighted by atomic mass is 16.2. The molecule has 0 saturated carbocycles. The molecule has 0 saturated heterocycles. The fourth-order valence-corrected chi connectivity index (χ4v) is 0.660. The van der Waals surface area contributed by atoms with Gasteiger partial charge in [0.1, 0.15) is 6.29 Å². The van der Waals surface area contributed by atoms with Gasteiger partial charge in [0.15, 0.2) is 0 Å². The van der Waals surface area contributed by atoms with Crippen molar-refractivity contribution in [3.8, 4) is 0 Å². The summed E-state index contributed by atoms with van der Waals surface area (Å²) in [6.07, 6.45) is 3.99. The molecule has 14 heavy (non-hydrogen) atoms. The summed E-state index contributed by atoms with van der Waals surface area (Å²) in [7, 11) is 6.70. The van der Waals surface area contributed by atoms with Gasteiger partial charge < -0.3 is 14.5 Å². The van der Waals surface area contributed by atoms with E-state index in [-0.39, 0.29) is 6.41 Å². The lowest BCUT2D eigenvalue weighted by Gasteiger charge is -2.11. The summed E-state index contributed by atoms with van der Waals surface area (Å²) in [4.78, 5) is 33.1. The molecule has 0 aliphatic heterocycles. The number of carbonyl (C=O) groups excluding carboxylic acids is 3. The van der Waals surface area contributed by atoms with Gasteiger partial charge in [-0.1, -0.05) is 0 Å². The first-order valence-corrected chi connectivity index (χ1v) is 3.97. The second-order valence-electron chi connectivity index (χ2n) is 2.60. The lowest BCUT2D eigenvalue weighted by molar-refractivity contribution is -0.128. The molecule has 0 spiro atoms. The van der Waals surface area contributed by atoms with Crippen molar-refractivity contribution in [2.24, 2.45) is 0 Å². The van der Waals surface area contributed by atoms with Gasteiger partial charge >= 0.3 is 0 Å². The molecular formula is C8H11BN2O3. The fourth-order valence-electron chi connectivity index (χ4n) is 0.660. The summed E-state index contributed by atoms with van der Waals surface area (Å²) < 4.78 is 0. The molecule has 0 unspecified atom stereocenters. The van der Waals surface area contributed by atoms with Crippen molar-refractivity contribution in [1.29, 1.82) is 0 Å². The van der Waals surface area contributed by atoms with Crippen LogP contribution in [0.2, 0.25) is 0 Å². The Morgan fingerprint density at radius 2 is 2.07 bits per heavy atom. The quantitative estimate of drug-likeness (QED) is 0.312. The molecule has 0 fully saturated rings. The first kappa shape index (κ1) is 12.4. The molecule has 0 aromatic rings. The highest BCUT2D eigenvalue weighted by molar-refractivity contribution is 6.22. The monoisotopic (exact) mass is 194 g/mol. The Morgan fingerprint density at radius 3 is 2.57 bits per heavy atom. The lowest BCUT2D eigenvalue weighted by Crippen LogP contribution is -2.25. The van der Waals surface area contributed by atoms with E-state index in [1.165, 1.54) is 6.20 Å². The molecule has 0 bridgehead atoms. The van der Waals surface area contributed by atoms with Crippen LogP contribution in [0.3, 0.4) is 0 Å². The predicted molar refractivity (Wildman–Crippen MR) is 51.1 cm³/mol. The van der Waals surface area contributed by atoms with Crippen LogP contribution in [-0.2, 0) is 14.4 Å². The number of rotatable bonds is 6. The van der Waals surface area contributed by atoms with Crippen LogP contribution in [0, 0.1) is 0 Å². The van der Waals surface area contributed by atoms with Gasteiger partial charge in [0.05, 0.1) is 0 Å². The Morgan fingerprint density at radius 1 is 1.43 bits per heavy atom. The Kier molecular flexibility index (Phi) is 6.10. The van der Waals surface area contributed by atoms with Gasteiger partial charge in [-0.3, -0.25) is 9.59 Å². The molecule has 0 atom stereocenters. The van der Waals surface area contributed by atoms with E-state index in [1.807, 2.05) is 0 Å². The van der Waals surface area contributed by atoms with Gasteiger partial charge in [-0.15, -0.1) is 0 Å². The maximum atomic E-state index is 10.9. The van der Waals surface area contributed by atoms with Gasteiger partial charge in [0.2, 0.25) is 20.3 Å². The van der Waals surface area contributed by atoms with E-state index in [4.69, 9.17) is 7.98 Å². The summed E-state index contributed by atoms with van der Waals surface area (Å²) in [6, 6.07) is 0. The van der Waals surface area contributed by atoms with Gasteiger partial charge in [0.25, 0.3) is 0 Å². The maximum Gasteiger partial charge on any atom is 0.242 e. The second-order valence-corrected chi connectivity index (χ2v) is 2.60. The van der Waals surface area contributed by atoms with Crippen LogP contribution < -0.4 is 0 Å². The molecule has 0 rings (SSSR count). The summed E-state index contributed by atoms with van der Waals surface area (Å²) in [5.74, 6) is -0.613. The number of nitrogens with zero attached hydrogens (tertiary/aromatic N) is 2. The van der Waals surface area contributed by atoms with Crippen LogP contribution >= 0.6 is 0 Å². The van der Waals surface area contributed by atoms with Crippen LogP contribution in [0.25, 0.3) is 0 Å². The van der Waals surface area contributed by atoms with E-state index < -0.39 is 5.91 Å². The molecule has 0 heterocycles. The minimum absolute atomic E-state index is 0.220. The molecule has 2 amide bonds. The number of hydrogen-bond acceptors (Lipinski definition) is 4. The molecule has 0 N–H and O–H groups in total. The molecule has 0 aliphatic carbocycles. The van der Waals surface area contributed by atoms with E-state index in [2.05, 4.69) is 0 Å². The number of imide groups is 1. The van der Waals surface area contributed by atoms with E-state index >= 15 is 0 Å². The molecule has 0 aliphatic rings. The van der Waals surface area contributed by atoms with Crippen LogP contribution in [0.5, 0.6) is 0 Å². The maximum absolute atomic E-state index is 10.9. The van der Waals surface area contributed by atoms with Crippen LogP contribution in [-0.4, -0.2) is 49.9 Å². The Labute approximate surface area is 83.8 Å². The number of aldehydes is 1. The molecule has 0 aromatic carbocycles. The fraction of sp³-hybridized carbons (Fsp3) is 0.375. The van der Waals surface area contributed by atoms with Crippen molar-refractivity contribution in [3.05, 3.63) is 12.3 Å². The average Bonchev–Trinajstić information content (AvgIpc) is 2.21.